The summed E-state index contributed by atoms with van der Waals surface area (Å²) >= 11 is 0. The Kier molecular flexibility index (Phi) is 5.40. The molecule has 2 unspecified atom stereocenters. The van der Waals surface area contributed by atoms with Crippen molar-refractivity contribution in [2.75, 3.05) is 13.6 Å². The van der Waals surface area contributed by atoms with Crippen molar-refractivity contribution in [3.8, 4) is 0 Å². The Labute approximate surface area is 105 Å². The second-order valence-corrected chi connectivity index (χ2v) is 5.80. The lowest BCUT2D eigenvalue weighted by Crippen LogP contribution is -2.51. The Morgan fingerprint density at radius 3 is 2.71 bits per heavy atom. The Bertz CT molecular complexity index is 255. The third-order valence-electron chi connectivity index (χ3n) is 3.62. The zero-order chi connectivity index (χ0) is 13.0. The molecule has 4 nitrogen and oxygen atoms in total. The number of nitrogens with one attached hydrogen (secondary N) is 1. The average molecular weight is 241 g/mol. The highest BCUT2D eigenvalue weighted by Gasteiger charge is 2.25. The van der Waals surface area contributed by atoms with E-state index in [1.165, 1.54) is 0 Å². The van der Waals surface area contributed by atoms with E-state index in [9.17, 15) is 4.79 Å². The molecule has 0 aromatic rings. The molecular formula is C13H27N3O. The normalized spacial score (nSPS) is 28.1. The third kappa shape index (κ3) is 4.64. The average Bonchev–Trinajstić information content (AvgIpc) is 2.22. The van der Waals surface area contributed by atoms with Crippen LogP contribution in [-0.2, 0) is 4.79 Å². The molecule has 0 aliphatic carbocycles. The molecule has 3 N–H and O–H groups in total. The van der Waals surface area contributed by atoms with Gasteiger partial charge in [-0.2, -0.15) is 0 Å². The van der Waals surface area contributed by atoms with Gasteiger partial charge in [-0.1, -0.05) is 13.8 Å². The first-order chi connectivity index (χ1) is 7.90. The zero-order valence-corrected chi connectivity index (χ0v) is 11.6. The van der Waals surface area contributed by atoms with E-state index in [-0.39, 0.29) is 11.9 Å². The topological polar surface area (TPSA) is 58.4 Å². The number of nitrogens with two attached hydrogens (primary N) is 1. The molecule has 0 bridgehead atoms. The minimum Gasteiger partial charge on any atom is -0.352 e. The quantitative estimate of drug-likeness (QED) is 0.771. The Morgan fingerprint density at radius 2 is 2.18 bits per heavy atom. The summed E-state index contributed by atoms with van der Waals surface area (Å²) in [4.78, 5) is 14.2. The molecule has 0 aromatic carbocycles. The van der Waals surface area contributed by atoms with Crippen molar-refractivity contribution >= 4 is 5.91 Å². The third-order valence-corrected chi connectivity index (χ3v) is 3.62. The Morgan fingerprint density at radius 1 is 1.53 bits per heavy atom. The summed E-state index contributed by atoms with van der Waals surface area (Å²) in [6, 6.07) is 0.479. The van der Waals surface area contributed by atoms with Gasteiger partial charge < -0.3 is 16.0 Å². The monoisotopic (exact) mass is 241 g/mol. The molecule has 1 saturated heterocycles. The first kappa shape index (κ1) is 14.5. The SMILES string of the molecule is CC(C)C[C@H](N)C(=O)NC1CCN(C)C(C)C1. The number of piperidine rings is 1. The smallest absolute Gasteiger partial charge is 0.237 e. The van der Waals surface area contributed by atoms with E-state index in [0.717, 1.165) is 25.8 Å². The van der Waals surface area contributed by atoms with Gasteiger partial charge in [-0.15, -0.1) is 0 Å². The van der Waals surface area contributed by atoms with E-state index in [1.54, 1.807) is 0 Å². The van der Waals surface area contributed by atoms with Gasteiger partial charge in [-0.05, 0) is 39.2 Å². The van der Waals surface area contributed by atoms with E-state index < -0.39 is 0 Å². The number of hydrogen-bond acceptors (Lipinski definition) is 3. The molecule has 0 spiro atoms. The van der Waals surface area contributed by atoms with Crippen LogP contribution < -0.4 is 11.1 Å². The molecule has 17 heavy (non-hydrogen) atoms. The molecule has 1 aliphatic rings. The number of hydrogen-bond donors (Lipinski definition) is 2. The van der Waals surface area contributed by atoms with Gasteiger partial charge in [-0.3, -0.25) is 4.79 Å². The molecule has 1 fully saturated rings. The van der Waals surface area contributed by atoms with Crippen molar-refractivity contribution < 1.29 is 4.79 Å². The van der Waals surface area contributed by atoms with Crippen LogP contribution in [0.25, 0.3) is 0 Å². The van der Waals surface area contributed by atoms with Gasteiger partial charge in [0, 0.05) is 18.6 Å². The van der Waals surface area contributed by atoms with Crippen LogP contribution in [0, 0.1) is 5.92 Å². The van der Waals surface area contributed by atoms with Crippen LogP contribution >= 0.6 is 0 Å². The number of likely N-dealkylation sites (tertiary alicyclic amines) is 1. The summed E-state index contributed by atoms with van der Waals surface area (Å²) < 4.78 is 0. The van der Waals surface area contributed by atoms with E-state index in [4.69, 9.17) is 5.73 Å². The predicted molar refractivity (Wildman–Crippen MR) is 70.7 cm³/mol. The molecule has 0 aromatic heterocycles. The second-order valence-electron chi connectivity index (χ2n) is 5.80. The van der Waals surface area contributed by atoms with E-state index >= 15 is 0 Å². The highest BCUT2D eigenvalue weighted by Crippen LogP contribution is 2.15. The number of carbonyl (C=O) groups is 1. The standard InChI is InChI=1S/C13H27N3O/c1-9(2)7-12(14)13(17)15-11-5-6-16(4)10(3)8-11/h9-12H,5-8,14H2,1-4H3,(H,15,17)/t10?,11?,12-/m0/s1. The molecule has 1 rings (SSSR count). The summed E-state index contributed by atoms with van der Waals surface area (Å²) in [5.41, 5.74) is 5.87. The van der Waals surface area contributed by atoms with Crippen LogP contribution in [0.15, 0.2) is 0 Å². The maximum Gasteiger partial charge on any atom is 0.237 e. The van der Waals surface area contributed by atoms with Crippen molar-refractivity contribution in [1.29, 1.82) is 0 Å². The van der Waals surface area contributed by atoms with Crippen LogP contribution in [0.4, 0.5) is 0 Å². The minimum absolute atomic E-state index is 0.0143. The summed E-state index contributed by atoms with van der Waals surface area (Å²) in [5.74, 6) is 0.479. The van der Waals surface area contributed by atoms with Crippen LogP contribution in [0.2, 0.25) is 0 Å². The van der Waals surface area contributed by atoms with Crippen molar-refractivity contribution in [2.45, 2.75) is 58.2 Å². The van der Waals surface area contributed by atoms with E-state index in [1.807, 2.05) is 0 Å². The molecule has 1 heterocycles. The first-order valence-electron chi connectivity index (χ1n) is 6.66. The van der Waals surface area contributed by atoms with Gasteiger partial charge in [0.15, 0.2) is 0 Å². The van der Waals surface area contributed by atoms with Crippen LogP contribution in [0.3, 0.4) is 0 Å². The van der Waals surface area contributed by atoms with Crippen molar-refractivity contribution in [1.82, 2.24) is 10.2 Å². The lowest BCUT2D eigenvalue weighted by molar-refractivity contribution is -0.123. The maximum atomic E-state index is 11.9. The highest BCUT2D eigenvalue weighted by molar-refractivity contribution is 5.81. The van der Waals surface area contributed by atoms with E-state index in [2.05, 4.69) is 38.0 Å². The van der Waals surface area contributed by atoms with E-state index in [0.29, 0.717) is 18.0 Å². The lowest BCUT2D eigenvalue weighted by atomic mass is 9.97. The fraction of sp³-hybridized carbons (Fsp3) is 0.923. The number of rotatable bonds is 4. The van der Waals surface area contributed by atoms with Crippen LogP contribution in [0.5, 0.6) is 0 Å². The lowest BCUT2D eigenvalue weighted by Gasteiger charge is -2.35. The van der Waals surface area contributed by atoms with Gasteiger partial charge >= 0.3 is 0 Å². The van der Waals surface area contributed by atoms with Gasteiger partial charge in [0.2, 0.25) is 5.91 Å². The van der Waals surface area contributed by atoms with Crippen LogP contribution in [0.1, 0.15) is 40.0 Å². The molecule has 100 valence electrons. The van der Waals surface area contributed by atoms with Crippen molar-refractivity contribution in [3.05, 3.63) is 0 Å². The number of carbonyl (C=O) groups excluding carboxylic acids is 1. The fourth-order valence-corrected chi connectivity index (χ4v) is 2.34. The predicted octanol–water partition coefficient (Wildman–Crippen LogP) is 0.959. The molecule has 1 amide bonds. The van der Waals surface area contributed by atoms with Gasteiger partial charge in [0.05, 0.1) is 6.04 Å². The van der Waals surface area contributed by atoms with Gasteiger partial charge in [0.25, 0.3) is 0 Å². The molecular weight excluding hydrogens is 214 g/mol. The maximum absolute atomic E-state index is 11.9. The summed E-state index contributed by atoms with van der Waals surface area (Å²) in [6.45, 7) is 7.42. The summed E-state index contributed by atoms with van der Waals surface area (Å²) in [7, 11) is 2.13. The number of nitrogens with zero attached hydrogens (tertiary/aromatic N) is 1. The zero-order valence-electron chi connectivity index (χ0n) is 11.6. The van der Waals surface area contributed by atoms with Crippen LogP contribution in [-0.4, -0.2) is 42.5 Å². The highest BCUT2D eigenvalue weighted by atomic mass is 16.2. The second kappa shape index (κ2) is 6.36. The van der Waals surface area contributed by atoms with Gasteiger partial charge in [0.1, 0.15) is 0 Å². The van der Waals surface area contributed by atoms with Crippen molar-refractivity contribution in [3.63, 3.8) is 0 Å². The summed E-state index contributed by atoms with van der Waals surface area (Å²) in [6.07, 6.45) is 2.81. The molecule has 4 heteroatoms. The fourth-order valence-electron chi connectivity index (χ4n) is 2.34. The van der Waals surface area contributed by atoms with Crippen molar-refractivity contribution in [2.24, 2.45) is 11.7 Å². The molecule has 1 aliphatic heterocycles. The largest absolute Gasteiger partial charge is 0.352 e. The van der Waals surface area contributed by atoms with Gasteiger partial charge in [-0.25, -0.2) is 0 Å². The molecule has 0 radical (unpaired) electrons. The molecule has 3 atom stereocenters. The minimum atomic E-state index is -0.357. The Hall–Kier alpha value is -0.610. The molecule has 0 saturated carbocycles. The summed E-state index contributed by atoms with van der Waals surface area (Å²) in [5, 5.41) is 3.08. The first-order valence-corrected chi connectivity index (χ1v) is 6.66. The Balaban J connectivity index is 2.36. The number of amides is 1.